The van der Waals surface area contributed by atoms with Gasteiger partial charge in [-0.1, -0.05) is 78.3 Å². The van der Waals surface area contributed by atoms with E-state index in [-0.39, 0.29) is 51.2 Å². The van der Waals surface area contributed by atoms with Crippen LogP contribution in [0.3, 0.4) is 0 Å². The molecular formula is C31H22ClNO7. The zero-order valence-corrected chi connectivity index (χ0v) is 22.2. The van der Waals surface area contributed by atoms with Crippen LogP contribution in [0.1, 0.15) is 61.7 Å². The Labute approximate surface area is 234 Å². The van der Waals surface area contributed by atoms with Gasteiger partial charge in [0, 0.05) is 41.2 Å². The lowest BCUT2D eigenvalue weighted by Gasteiger charge is -2.21. The number of nitrogens with one attached hydrogen (secondary N) is 1. The van der Waals surface area contributed by atoms with Gasteiger partial charge in [-0.05, 0) is 19.1 Å². The van der Waals surface area contributed by atoms with Crippen molar-refractivity contribution in [3.63, 3.8) is 0 Å². The Morgan fingerprint density at radius 3 is 1.68 bits per heavy atom. The average molecular weight is 556 g/mol. The highest BCUT2D eigenvalue weighted by atomic mass is 35.5. The number of para-hydroxylation sites is 1. The number of ketones is 5. The summed E-state index contributed by atoms with van der Waals surface area (Å²) < 4.78 is 5.60. The fourth-order valence-electron chi connectivity index (χ4n) is 4.15. The van der Waals surface area contributed by atoms with Gasteiger partial charge in [0.15, 0.2) is 5.78 Å². The minimum absolute atomic E-state index is 0.0995. The van der Waals surface area contributed by atoms with Gasteiger partial charge in [-0.2, -0.15) is 0 Å². The first-order valence-electron chi connectivity index (χ1n) is 12.1. The van der Waals surface area contributed by atoms with Crippen molar-refractivity contribution in [3.8, 4) is 5.75 Å². The molecule has 2 aliphatic rings. The maximum Gasteiger partial charge on any atom is 0.231 e. The first-order chi connectivity index (χ1) is 19.1. The molecule has 3 aromatic carbocycles. The third-order valence-corrected chi connectivity index (χ3v) is 6.32. The van der Waals surface area contributed by atoms with Crippen molar-refractivity contribution in [2.75, 3.05) is 0 Å². The highest BCUT2D eigenvalue weighted by Crippen LogP contribution is 2.30. The summed E-state index contributed by atoms with van der Waals surface area (Å²) >= 11 is 5.86. The number of carbonyl (C=O) groups is 6. The molecule has 0 atom stereocenters. The molecule has 0 heterocycles. The zero-order valence-electron chi connectivity index (χ0n) is 21.4. The van der Waals surface area contributed by atoms with Crippen molar-refractivity contribution >= 4 is 46.4 Å². The Morgan fingerprint density at radius 1 is 0.675 bits per heavy atom. The lowest BCUT2D eigenvalue weighted by Crippen LogP contribution is -2.34. The quantitative estimate of drug-likeness (QED) is 0.468. The van der Waals surface area contributed by atoms with Gasteiger partial charge in [-0.3, -0.25) is 28.8 Å². The molecule has 3 aromatic rings. The van der Waals surface area contributed by atoms with Crippen LogP contribution in [0.2, 0.25) is 0 Å². The van der Waals surface area contributed by atoms with E-state index in [1.54, 1.807) is 78.9 Å². The number of hydrogen-bond donors (Lipinski definition) is 1. The maximum absolute atomic E-state index is 12.7. The van der Waals surface area contributed by atoms with Crippen LogP contribution in [0.4, 0.5) is 0 Å². The fraction of sp³-hybridized carbons (Fsp3) is 0.0968. The first kappa shape index (κ1) is 28.1. The van der Waals surface area contributed by atoms with Crippen LogP contribution in [0.5, 0.6) is 5.75 Å². The Balaban J connectivity index is 0.000000194. The number of benzene rings is 3. The monoisotopic (exact) mass is 555 g/mol. The molecule has 8 nitrogen and oxygen atoms in total. The Bertz CT molecular complexity index is 1650. The van der Waals surface area contributed by atoms with Gasteiger partial charge in [0.1, 0.15) is 17.2 Å². The normalized spacial score (nSPS) is 14.2. The second-order valence-electron chi connectivity index (χ2n) is 8.88. The van der Waals surface area contributed by atoms with Crippen molar-refractivity contribution < 1.29 is 33.5 Å². The van der Waals surface area contributed by atoms with Crippen LogP contribution in [-0.4, -0.2) is 34.8 Å². The lowest BCUT2D eigenvalue weighted by atomic mass is 9.87. The molecule has 0 unspecified atom stereocenters. The summed E-state index contributed by atoms with van der Waals surface area (Å²) in [5.74, 6) is -2.01. The van der Waals surface area contributed by atoms with Crippen LogP contribution in [0.25, 0.3) is 0 Å². The number of amides is 1. The maximum atomic E-state index is 12.7. The van der Waals surface area contributed by atoms with Gasteiger partial charge in [-0.15, -0.1) is 0 Å². The molecule has 5 rings (SSSR count). The number of carbonyl (C=O) groups excluding carboxylic acids is 6. The van der Waals surface area contributed by atoms with Crippen molar-refractivity contribution in [2.45, 2.75) is 20.3 Å². The predicted octanol–water partition coefficient (Wildman–Crippen LogP) is 5.03. The Kier molecular flexibility index (Phi) is 8.31. The zero-order chi connectivity index (χ0) is 29.0. The highest BCUT2D eigenvalue weighted by molar-refractivity contribution is 6.50. The number of ether oxygens (including phenoxy) is 1. The van der Waals surface area contributed by atoms with E-state index in [1.165, 1.54) is 13.8 Å². The van der Waals surface area contributed by atoms with Crippen molar-refractivity contribution in [1.82, 2.24) is 5.32 Å². The van der Waals surface area contributed by atoms with E-state index in [1.807, 2.05) is 0 Å². The Morgan fingerprint density at radius 2 is 1.15 bits per heavy atom. The standard InChI is InChI=1S/C18H13NO4.C13H9ClO3/c1-11(20)19-15-16(21)13-9-5-6-10-14(13)17(22)18(15)23-12-7-3-2-4-8-12;1-7(15)6-10-11(14)13(17)9-5-3-2-4-8(9)12(10)16/h2-10H,1H3,(H,19,20);2-5H,6H2,1H3. The Hall–Kier alpha value is -4.95. The number of Topliss-reactive ketones (excluding diaryl/α,β-unsaturated/α-hetero) is 5. The molecule has 0 spiro atoms. The molecular weight excluding hydrogens is 534 g/mol. The van der Waals surface area contributed by atoms with Crippen LogP contribution in [0, 0.1) is 0 Å². The van der Waals surface area contributed by atoms with Crippen LogP contribution >= 0.6 is 11.6 Å². The molecule has 40 heavy (non-hydrogen) atoms. The molecule has 200 valence electrons. The fourth-order valence-corrected chi connectivity index (χ4v) is 4.40. The van der Waals surface area contributed by atoms with Crippen molar-refractivity contribution in [1.29, 1.82) is 0 Å². The number of allylic oxidation sites excluding steroid dienone is 4. The summed E-state index contributed by atoms with van der Waals surface area (Å²) in [6.45, 7) is 2.63. The number of hydrogen-bond acceptors (Lipinski definition) is 7. The predicted molar refractivity (Wildman–Crippen MR) is 146 cm³/mol. The summed E-state index contributed by atoms with van der Waals surface area (Å²) in [7, 11) is 0. The minimum atomic E-state index is -0.449. The van der Waals surface area contributed by atoms with Crippen LogP contribution < -0.4 is 10.1 Å². The molecule has 0 saturated heterocycles. The van der Waals surface area contributed by atoms with Gasteiger partial charge >= 0.3 is 0 Å². The second kappa shape index (κ2) is 11.8. The van der Waals surface area contributed by atoms with Gasteiger partial charge in [0.25, 0.3) is 0 Å². The summed E-state index contributed by atoms with van der Waals surface area (Å²) in [5, 5.41) is 2.28. The SMILES string of the molecule is CC(=O)CC1=C(Cl)C(=O)c2ccccc2C1=O.CC(=O)NC1=C(Oc2ccccc2)C(=O)c2ccccc2C1=O. The summed E-state index contributed by atoms with van der Waals surface area (Å²) in [5.41, 5.74) is 1.10. The van der Waals surface area contributed by atoms with E-state index < -0.39 is 23.3 Å². The summed E-state index contributed by atoms with van der Waals surface area (Å²) in [6.07, 6.45) is -0.0995. The lowest BCUT2D eigenvalue weighted by molar-refractivity contribution is -0.118. The van der Waals surface area contributed by atoms with Gasteiger partial charge < -0.3 is 10.1 Å². The smallest absolute Gasteiger partial charge is 0.231 e. The minimum Gasteiger partial charge on any atom is -0.451 e. The molecule has 0 bridgehead atoms. The van der Waals surface area contributed by atoms with E-state index >= 15 is 0 Å². The molecule has 1 N–H and O–H groups in total. The third-order valence-electron chi connectivity index (χ3n) is 5.92. The summed E-state index contributed by atoms with van der Waals surface area (Å²) in [6, 6.07) is 21.6. The molecule has 0 radical (unpaired) electrons. The topological polar surface area (TPSA) is 124 Å². The van der Waals surface area contributed by atoms with E-state index in [9.17, 15) is 28.8 Å². The van der Waals surface area contributed by atoms with Gasteiger partial charge in [0.2, 0.25) is 29.0 Å². The molecule has 0 fully saturated rings. The average Bonchev–Trinajstić information content (AvgIpc) is 2.95. The molecule has 0 aromatic heterocycles. The van der Waals surface area contributed by atoms with Gasteiger partial charge in [-0.25, -0.2) is 0 Å². The second-order valence-corrected chi connectivity index (χ2v) is 9.26. The molecule has 9 heteroatoms. The highest BCUT2D eigenvalue weighted by Gasteiger charge is 2.34. The molecule has 0 saturated carbocycles. The number of fused-ring (bicyclic) bond motifs is 2. The summed E-state index contributed by atoms with van der Waals surface area (Å²) in [4.78, 5) is 71.7. The number of rotatable bonds is 5. The van der Waals surface area contributed by atoms with Gasteiger partial charge in [0.05, 0.1) is 5.03 Å². The van der Waals surface area contributed by atoms with Crippen molar-refractivity contribution in [2.24, 2.45) is 0 Å². The molecule has 2 aliphatic carbocycles. The first-order valence-corrected chi connectivity index (χ1v) is 12.5. The van der Waals surface area contributed by atoms with Crippen molar-refractivity contribution in [3.05, 3.63) is 123 Å². The molecule has 0 aliphatic heterocycles. The van der Waals surface area contributed by atoms with E-state index in [2.05, 4.69) is 5.32 Å². The van der Waals surface area contributed by atoms with E-state index in [4.69, 9.17) is 16.3 Å². The number of halogens is 1. The van der Waals surface area contributed by atoms with E-state index in [0.717, 1.165) is 0 Å². The third kappa shape index (κ3) is 5.72. The van der Waals surface area contributed by atoms with Crippen LogP contribution in [-0.2, 0) is 9.59 Å². The van der Waals surface area contributed by atoms with E-state index in [0.29, 0.717) is 16.9 Å². The van der Waals surface area contributed by atoms with Crippen LogP contribution in [0.15, 0.2) is 101 Å². The largest absolute Gasteiger partial charge is 0.451 e. The molecule has 1 amide bonds.